The molecule has 0 fully saturated rings. The van der Waals surface area contributed by atoms with E-state index in [1.54, 1.807) is 0 Å². The molecule has 0 atom stereocenters. The van der Waals surface area contributed by atoms with Crippen molar-refractivity contribution in [2.45, 2.75) is 32.7 Å². The van der Waals surface area contributed by atoms with E-state index in [0.717, 1.165) is 0 Å². The van der Waals surface area contributed by atoms with Gasteiger partial charge in [0.1, 0.15) is 5.82 Å². The molecule has 0 unspecified atom stereocenters. The fraction of sp³-hybridized carbons (Fsp3) is 0.385. The van der Waals surface area contributed by atoms with Crippen LogP contribution in [-0.4, -0.2) is 16.6 Å². The summed E-state index contributed by atoms with van der Waals surface area (Å²) in [5.41, 5.74) is 4.88. The number of rotatable bonds is 2. The van der Waals surface area contributed by atoms with Crippen LogP contribution < -0.4 is 16.2 Å². The molecule has 0 heterocycles. The second kappa shape index (κ2) is 6.85. The van der Waals surface area contributed by atoms with Crippen LogP contribution in [0.1, 0.15) is 26.3 Å². The molecule has 0 aliphatic rings. The highest BCUT2D eigenvalue weighted by Crippen LogP contribution is 2.19. The van der Waals surface area contributed by atoms with Gasteiger partial charge in [-0.3, -0.25) is 15.6 Å². The molecule has 1 rings (SSSR count). The molecule has 0 spiro atoms. The van der Waals surface area contributed by atoms with Gasteiger partial charge in [-0.25, -0.2) is 4.39 Å². The molecular weight excluding hydrogens is 301 g/mol. The van der Waals surface area contributed by atoms with E-state index in [1.807, 2.05) is 20.8 Å². The molecule has 0 aliphatic heterocycles. The van der Waals surface area contributed by atoms with Gasteiger partial charge in [0.15, 0.2) is 5.11 Å². The molecule has 0 radical (unpaired) electrons. The van der Waals surface area contributed by atoms with Crippen molar-refractivity contribution in [2.75, 3.05) is 0 Å². The molecule has 110 valence electrons. The molecule has 0 aliphatic carbocycles. The summed E-state index contributed by atoms with van der Waals surface area (Å²) in [5.74, 6) is -0.946. The molecule has 20 heavy (non-hydrogen) atoms. The Labute approximate surface area is 128 Å². The van der Waals surface area contributed by atoms with Crippen LogP contribution in [0, 0.1) is 5.82 Å². The normalized spacial score (nSPS) is 10.8. The lowest BCUT2D eigenvalue weighted by Crippen LogP contribution is -2.52. The smallest absolute Gasteiger partial charge is 0.242 e. The Morgan fingerprint density at radius 1 is 1.35 bits per heavy atom. The molecule has 1 amide bonds. The predicted molar refractivity (Wildman–Crippen MR) is 81.9 cm³/mol. The summed E-state index contributed by atoms with van der Waals surface area (Å²) < 4.78 is 13.5. The minimum atomic E-state index is -0.511. The van der Waals surface area contributed by atoms with Gasteiger partial charge in [0.05, 0.1) is 6.42 Å². The molecule has 0 bridgehead atoms. The van der Waals surface area contributed by atoms with Gasteiger partial charge in [-0.05, 0) is 45.1 Å². The van der Waals surface area contributed by atoms with Crippen LogP contribution in [0.3, 0.4) is 0 Å². The number of amides is 1. The molecule has 0 saturated carbocycles. The zero-order valence-electron chi connectivity index (χ0n) is 11.5. The molecule has 0 aromatic heterocycles. The van der Waals surface area contributed by atoms with Crippen molar-refractivity contribution < 1.29 is 9.18 Å². The molecule has 3 N–H and O–H groups in total. The number of hydrogen-bond donors (Lipinski definition) is 3. The molecule has 1 aromatic rings. The summed E-state index contributed by atoms with van der Waals surface area (Å²) in [4.78, 5) is 11.7. The maximum absolute atomic E-state index is 13.5. The monoisotopic (exact) mass is 317 g/mol. The van der Waals surface area contributed by atoms with Crippen LogP contribution in [0.4, 0.5) is 4.39 Å². The van der Waals surface area contributed by atoms with E-state index >= 15 is 0 Å². The van der Waals surface area contributed by atoms with E-state index < -0.39 is 11.7 Å². The third-order valence-electron chi connectivity index (χ3n) is 2.20. The van der Waals surface area contributed by atoms with Gasteiger partial charge in [0, 0.05) is 16.1 Å². The SMILES string of the molecule is CC(C)(C)NC(=S)NNC(=O)Cc1c(F)cccc1Cl. The largest absolute Gasteiger partial charge is 0.357 e. The van der Waals surface area contributed by atoms with Crippen LogP contribution >= 0.6 is 23.8 Å². The summed E-state index contributed by atoms with van der Waals surface area (Å²) in [6.45, 7) is 5.80. The third-order valence-corrected chi connectivity index (χ3v) is 2.76. The van der Waals surface area contributed by atoms with Crippen molar-refractivity contribution in [3.63, 3.8) is 0 Å². The van der Waals surface area contributed by atoms with E-state index in [-0.39, 0.29) is 27.7 Å². The lowest BCUT2D eigenvalue weighted by molar-refractivity contribution is -0.121. The maximum atomic E-state index is 13.5. The van der Waals surface area contributed by atoms with Crippen molar-refractivity contribution in [1.82, 2.24) is 16.2 Å². The van der Waals surface area contributed by atoms with Crippen LogP contribution in [0.5, 0.6) is 0 Å². The average Bonchev–Trinajstić information content (AvgIpc) is 2.29. The van der Waals surface area contributed by atoms with Gasteiger partial charge >= 0.3 is 0 Å². The fourth-order valence-corrected chi connectivity index (χ4v) is 1.99. The van der Waals surface area contributed by atoms with Gasteiger partial charge in [-0.1, -0.05) is 17.7 Å². The molecule has 7 heteroatoms. The first-order valence-corrected chi connectivity index (χ1v) is 6.77. The van der Waals surface area contributed by atoms with Gasteiger partial charge in [-0.2, -0.15) is 0 Å². The zero-order chi connectivity index (χ0) is 15.3. The van der Waals surface area contributed by atoms with E-state index in [4.69, 9.17) is 23.8 Å². The molecule has 0 saturated heterocycles. The second-order valence-electron chi connectivity index (χ2n) is 5.25. The number of carbonyl (C=O) groups is 1. The fourth-order valence-electron chi connectivity index (χ4n) is 1.40. The van der Waals surface area contributed by atoms with Crippen molar-refractivity contribution in [2.24, 2.45) is 0 Å². The minimum Gasteiger partial charge on any atom is -0.357 e. The van der Waals surface area contributed by atoms with E-state index in [1.165, 1.54) is 18.2 Å². The first-order valence-electron chi connectivity index (χ1n) is 5.99. The first kappa shape index (κ1) is 16.7. The summed E-state index contributed by atoms with van der Waals surface area (Å²) in [6.07, 6.45) is -0.170. The highest BCUT2D eigenvalue weighted by molar-refractivity contribution is 7.80. The van der Waals surface area contributed by atoms with Crippen molar-refractivity contribution >= 4 is 34.8 Å². The van der Waals surface area contributed by atoms with Gasteiger partial charge < -0.3 is 5.32 Å². The van der Waals surface area contributed by atoms with Crippen molar-refractivity contribution in [3.05, 3.63) is 34.6 Å². The van der Waals surface area contributed by atoms with Gasteiger partial charge in [-0.15, -0.1) is 0 Å². The summed E-state index contributed by atoms with van der Waals surface area (Å²) in [7, 11) is 0. The number of hydrazine groups is 1. The molecule has 1 aromatic carbocycles. The Kier molecular flexibility index (Phi) is 5.71. The summed E-state index contributed by atoms with van der Waals surface area (Å²) >= 11 is 10.8. The summed E-state index contributed by atoms with van der Waals surface area (Å²) in [5, 5.41) is 3.47. The second-order valence-corrected chi connectivity index (χ2v) is 6.07. The van der Waals surface area contributed by atoms with Crippen LogP contribution in [0.25, 0.3) is 0 Å². The maximum Gasteiger partial charge on any atom is 0.242 e. The van der Waals surface area contributed by atoms with Crippen molar-refractivity contribution in [1.29, 1.82) is 0 Å². The third kappa shape index (κ3) is 5.71. The Morgan fingerprint density at radius 3 is 2.55 bits per heavy atom. The lowest BCUT2D eigenvalue weighted by Gasteiger charge is -2.23. The van der Waals surface area contributed by atoms with Crippen LogP contribution in [0.2, 0.25) is 5.02 Å². The van der Waals surface area contributed by atoms with Gasteiger partial charge in [0.2, 0.25) is 5.91 Å². The molecular formula is C13H17ClFN3OS. The summed E-state index contributed by atoms with van der Waals surface area (Å²) in [6, 6.07) is 4.28. The standard InChI is InChI=1S/C13H17ClFN3OS/c1-13(2,3)16-12(20)18-17-11(19)7-8-9(14)5-4-6-10(8)15/h4-6H,7H2,1-3H3,(H,17,19)(H2,16,18,20). The topological polar surface area (TPSA) is 53.2 Å². The molecule has 4 nitrogen and oxygen atoms in total. The zero-order valence-corrected chi connectivity index (χ0v) is 13.1. The average molecular weight is 318 g/mol. The Bertz CT molecular complexity index is 497. The number of hydrogen-bond acceptors (Lipinski definition) is 2. The Hall–Kier alpha value is -1.40. The number of halogens is 2. The van der Waals surface area contributed by atoms with Crippen LogP contribution in [-0.2, 0) is 11.2 Å². The van der Waals surface area contributed by atoms with Crippen LogP contribution in [0.15, 0.2) is 18.2 Å². The number of thiocarbonyl (C=S) groups is 1. The highest BCUT2D eigenvalue weighted by atomic mass is 35.5. The number of carbonyl (C=O) groups excluding carboxylic acids is 1. The quantitative estimate of drug-likeness (QED) is 0.579. The van der Waals surface area contributed by atoms with Gasteiger partial charge in [0.25, 0.3) is 0 Å². The Balaban J connectivity index is 2.51. The predicted octanol–water partition coefficient (Wildman–Crippen LogP) is 2.32. The minimum absolute atomic E-state index is 0.156. The van der Waals surface area contributed by atoms with E-state index in [9.17, 15) is 9.18 Å². The van der Waals surface area contributed by atoms with Crippen molar-refractivity contribution in [3.8, 4) is 0 Å². The van der Waals surface area contributed by atoms with E-state index in [2.05, 4.69) is 16.2 Å². The Morgan fingerprint density at radius 2 is 2.00 bits per heavy atom. The highest BCUT2D eigenvalue weighted by Gasteiger charge is 2.13. The van der Waals surface area contributed by atoms with E-state index in [0.29, 0.717) is 0 Å². The lowest BCUT2D eigenvalue weighted by atomic mass is 10.1. The number of nitrogens with one attached hydrogen (secondary N) is 3. The first-order chi connectivity index (χ1) is 9.19. The number of benzene rings is 1.